The zero-order valence-electron chi connectivity index (χ0n) is 7.37. The van der Waals surface area contributed by atoms with Crippen molar-refractivity contribution < 1.29 is 9.53 Å². The lowest BCUT2D eigenvalue weighted by Gasteiger charge is -2.00. The van der Waals surface area contributed by atoms with E-state index in [1.165, 1.54) is 7.11 Å². The van der Waals surface area contributed by atoms with Gasteiger partial charge in [-0.15, -0.1) is 16.7 Å². The summed E-state index contributed by atoms with van der Waals surface area (Å²) in [6.45, 7) is 0. The van der Waals surface area contributed by atoms with E-state index in [-0.39, 0.29) is 11.8 Å². The van der Waals surface area contributed by atoms with Gasteiger partial charge in [0.1, 0.15) is 11.6 Å². The highest BCUT2D eigenvalue weighted by molar-refractivity contribution is 6.29. The number of carbonyl (C=O) groups is 1. The standard InChI is InChI=1S/C7H10ClN3O2/c1-11-4-5(7(10-11)13-2)9-6(12)3-8/h4H,3H2,1-2H3,(H,9,12). The fourth-order valence-corrected chi connectivity index (χ4v) is 0.955. The third-order valence-corrected chi connectivity index (χ3v) is 1.63. The number of nitrogens with zero attached hydrogens (tertiary/aromatic N) is 2. The van der Waals surface area contributed by atoms with E-state index in [0.29, 0.717) is 11.6 Å². The number of alkyl halides is 1. The third kappa shape index (κ3) is 2.35. The first-order valence-electron chi connectivity index (χ1n) is 3.61. The Morgan fingerprint density at radius 3 is 3.08 bits per heavy atom. The molecule has 5 nitrogen and oxygen atoms in total. The summed E-state index contributed by atoms with van der Waals surface area (Å²) in [7, 11) is 3.22. The summed E-state index contributed by atoms with van der Waals surface area (Å²) in [5.74, 6) is 0.00634. The molecule has 1 heterocycles. The predicted octanol–water partition coefficient (Wildman–Crippen LogP) is 0.606. The minimum Gasteiger partial charge on any atom is -0.478 e. The Hall–Kier alpha value is -1.23. The van der Waals surface area contributed by atoms with Gasteiger partial charge >= 0.3 is 0 Å². The first-order chi connectivity index (χ1) is 6.17. The second-order valence-electron chi connectivity index (χ2n) is 2.41. The lowest BCUT2D eigenvalue weighted by atomic mass is 10.5. The van der Waals surface area contributed by atoms with Gasteiger partial charge in [0, 0.05) is 7.05 Å². The highest BCUT2D eigenvalue weighted by atomic mass is 35.5. The Bertz CT molecular complexity index is 311. The Balaban J connectivity index is 2.80. The van der Waals surface area contributed by atoms with E-state index < -0.39 is 0 Å². The molecule has 0 aliphatic heterocycles. The maximum absolute atomic E-state index is 10.9. The van der Waals surface area contributed by atoms with Crippen LogP contribution in [0.4, 0.5) is 5.69 Å². The number of aryl methyl sites for hydroxylation is 1. The Labute approximate surface area is 80.6 Å². The van der Waals surface area contributed by atoms with Gasteiger partial charge in [-0.05, 0) is 0 Å². The number of aromatic nitrogens is 2. The van der Waals surface area contributed by atoms with E-state index in [2.05, 4.69) is 10.4 Å². The van der Waals surface area contributed by atoms with Crippen LogP contribution in [-0.2, 0) is 11.8 Å². The number of rotatable bonds is 3. The van der Waals surface area contributed by atoms with E-state index in [9.17, 15) is 4.79 Å². The van der Waals surface area contributed by atoms with Crippen LogP contribution in [0.2, 0.25) is 0 Å². The molecule has 1 aromatic heterocycles. The average molecular weight is 204 g/mol. The second kappa shape index (κ2) is 4.13. The largest absolute Gasteiger partial charge is 0.478 e. The quantitative estimate of drug-likeness (QED) is 0.733. The van der Waals surface area contributed by atoms with Crippen molar-refractivity contribution in [3.8, 4) is 5.88 Å². The number of methoxy groups -OCH3 is 1. The molecule has 72 valence electrons. The zero-order chi connectivity index (χ0) is 9.84. The van der Waals surface area contributed by atoms with Gasteiger partial charge in [0.15, 0.2) is 0 Å². The molecule has 0 aliphatic carbocycles. The predicted molar refractivity (Wildman–Crippen MR) is 49.1 cm³/mol. The van der Waals surface area contributed by atoms with Crippen LogP contribution in [0.5, 0.6) is 5.88 Å². The normalized spacial score (nSPS) is 9.77. The van der Waals surface area contributed by atoms with Gasteiger partial charge in [0.25, 0.3) is 5.88 Å². The first kappa shape index (κ1) is 9.85. The van der Waals surface area contributed by atoms with Gasteiger partial charge < -0.3 is 10.1 Å². The van der Waals surface area contributed by atoms with Gasteiger partial charge in [0.2, 0.25) is 5.91 Å². The van der Waals surface area contributed by atoms with Crippen LogP contribution in [0, 0.1) is 0 Å². The van der Waals surface area contributed by atoms with Crippen LogP contribution in [0.3, 0.4) is 0 Å². The Morgan fingerprint density at radius 2 is 2.54 bits per heavy atom. The second-order valence-corrected chi connectivity index (χ2v) is 2.67. The lowest BCUT2D eigenvalue weighted by Crippen LogP contribution is -2.12. The van der Waals surface area contributed by atoms with Crippen molar-refractivity contribution in [2.45, 2.75) is 0 Å². The van der Waals surface area contributed by atoms with E-state index in [4.69, 9.17) is 16.3 Å². The van der Waals surface area contributed by atoms with Crippen molar-refractivity contribution in [3.63, 3.8) is 0 Å². The smallest absolute Gasteiger partial charge is 0.256 e. The highest BCUT2D eigenvalue weighted by Crippen LogP contribution is 2.20. The summed E-state index contributed by atoms with van der Waals surface area (Å²) in [5.41, 5.74) is 0.524. The fraction of sp³-hybridized carbons (Fsp3) is 0.429. The van der Waals surface area contributed by atoms with E-state index in [0.717, 1.165) is 0 Å². The average Bonchev–Trinajstić information content (AvgIpc) is 2.46. The molecule has 0 fully saturated rings. The molecule has 0 atom stereocenters. The van der Waals surface area contributed by atoms with Gasteiger partial charge in [0.05, 0.1) is 13.3 Å². The molecule has 0 spiro atoms. The number of halogens is 1. The maximum atomic E-state index is 10.9. The molecular formula is C7H10ClN3O2. The molecule has 1 N–H and O–H groups in total. The summed E-state index contributed by atoms with van der Waals surface area (Å²) in [6.07, 6.45) is 1.64. The summed E-state index contributed by atoms with van der Waals surface area (Å²) in [4.78, 5) is 10.9. The molecule has 0 aliphatic rings. The molecule has 6 heteroatoms. The van der Waals surface area contributed by atoms with Crippen molar-refractivity contribution in [1.29, 1.82) is 0 Å². The number of nitrogens with one attached hydrogen (secondary N) is 1. The minimum absolute atomic E-state index is 0.0853. The summed E-state index contributed by atoms with van der Waals surface area (Å²) < 4.78 is 6.47. The van der Waals surface area contributed by atoms with Crippen LogP contribution in [-0.4, -0.2) is 28.7 Å². The van der Waals surface area contributed by atoms with Crippen molar-refractivity contribution in [2.24, 2.45) is 7.05 Å². The topological polar surface area (TPSA) is 56.1 Å². The molecule has 0 unspecified atom stereocenters. The van der Waals surface area contributed by atoms with E-state index in [1.54, 1.807) is 17.9 Å². The number of carbonyl (C=O) groups excluding carboxylic acids is 1. The van der Waals surface area contributed by atoms with Crippen LogP contribution in [0.15, 0.2) is 6.20 Å². The number of amides is 1. The van der Waals surface area contributed by atoms with Crippen LogP contribution >= 0.6 is 11.6 Å². The number of hydrogen-bond acceptors (Lipinski definition) is 3. The van der Waals surface area contributed by atoms with Crippen LogP contribution in [0.25, 0.3) is 0 Å². The molecule has 0 aromatic carbocycles. The summed E-state index contributed by atoms with van der Waals surface area (Å²) >= 11 is 5.32. The van der Waals surface area contributed by atoms with Crippen molar-refractivity contribution in [2.75, 3.05) is 18.3 Å². The first-order valence-corrected chi connectivity index (χ1v) is 4.14. The van der Waals surface area contributed by atoms with Gasteiger partial charge in [-0.1, -0.05) is 0 Å². The van der Waals surface area contributed by atoms with Gasteiger partial charge in [-0.25, -0.2) is 0 Å². The minimum atomic E-state index is -0.284. The monoisotopic (exact) mass is 203 g/mol. The van der Waals surface area contributed by atoms with Crippen LogP contribution < -0.4 is 10.1 Å². The number of anilines is 1. The van der Waals surface area contributed by atoms with Crippen molar-refractivity contribution in [3.05, 3.63) is 6.20 Å². The van der Waals surface area contributed by atoms with E-state index in [1.807, 2.05) is 0 Å². The summed E-state index contributed by atoms with van der Waals surface area (Å²) in [6, 6.07) is 0. The van der Waals surface area contributed by atoms with Crippen LogP contribution in [0.1, 0.15) is 0 Å². The molecule has 13 heavy (non-hydrogen) atoms. The molecule has 0 saturated carbocycles. The molecule has 1 aromatic rings. The fourth-order valence-electron chi connectivity index (χ4n) is 0.888. The van der Waals surface area contributed by atoms with Gasteiger partial charge in [-0.2, -0.15) is 0 Å². The molecule has 0 saturated heterocycles. The SMILES string of the molecule is COc1nn(C)cc1NC(=O)CCl. The Kier molecular flexibility index (Phi) is 3.13. The summed E-state index contributed by atoms with van der Waals surface area (Å²) in [5, 5.41) is 6.51. The highest BCUT2D eigenvalue weighted by Gasteiger charge is 2.09. The lowest BCUT2D eigenvalue weighted by molar-refractivity contribution is -0.113. The van der Waals surface area contributed by atoms with E-state index >= 15 is 0 Å². The molecule has 0 bridgehead atoms. The maximum Gasteiger partial charge on any atom is 0.256 e. The molecule has 1 rings (SSSR count). The van der Waals surface area contributed by atoms with Gasteiger partial charge in [-0.3, -0.25) is 9.48 Å². The molecule has 1 amide bonds. The number of hydrogen-bond donors (Lipinski definition) is 1. The van der Waals surface area contributed by atoms with Crippen molar-refractivity contribution in [1.82, 2.24) is 9.78 Å². The zero-order valence-corrected chi connectivity index (χ0v) is 8.13. The van der Waals surface area contributed by atoms with Crippen molar-refractivity contribution >= 4 is 23.2 Å². The number of ether oxygens (including phenoxy) is 1. The molecular weight excluding hydrogens is 194 g/mol. The third-order valence-electron chi connectivity index (χ3n) is 1.38. The Morgan fingerprint density at radius 1 is 1.85 bits per heavy atom. The molecule has 0 radical (unpaired) electrons.